The van der Waals surface area contributed by atoms with Gasteiger partial charge in [-0.05, 0) is 40.9 Å². The third kappa shape index (κ3) is 1.50. The normalized spacial score (nSPS) is 10.4. The first-order chi connectivity index (χ1) is 6.72. The van der Waals surface area contributed by atoms with Crippen LogP contribution in [0, 0.1) is 18.3 Å². The van der Waals surface area contributed by atoms with Crippen LogP contribution in [0.4, 0.5) is 0 Å². The lowest BCUT2D eigenvalue weighted by molar-refractivity contribution is 1.30. The van der Waals surface area contributed by atoms with Gasteiger partial charge in [0.2, 0.25) is 0 Å². The summed E-state index contributed by atoms with van der Waals surface area (Å²) < 4.78 is 1.21. The molecular weight excluding hydrogens is 214 g/mol. The molecule has 0 aliphatic carbocycles. The molecule has 1 nitrogen and oxygen atoms in total. The highest BCUT2D eigenvalue weighted by molar-refractivity contribution is 7.17. The number of fused-ring (bicyclic) bond motifs is 1. The third-order valence-corrected chi connectivity index (χ3v) is 3.61. The molecule has 0 aliphatic rings. The lowest BCUT2D eigenvalue weighted by Crippen LogP contribution is -1.79. The van der Waals surface area contributed by atoms with Gasteiger partial charge in [-0.25, -0.2) is 0 Å². The molecule has 1 aromatic heterocycles. The van der Waals surface area contributed by atoms with Crippen LogP contribution in [0.25, 0.3) is 10.1 Å². The molecule has 0 N–H and O–H groups in total. The molecular formula is C11H8ClNS. The average Bonchev–Trinajstić information content (AvgIpc) is 2.51. The van der Waals surface area contributed by atoms with Gasteiger partial charge in [0.15, 0.2) is 0 Å². The lowest BCUT2D eigenvalue weighted by atomic mass is 10.1. The fourth-order valence-electron chi connectivity index (χ4n) is 1.42. The van der Waals surface area contributed by atoms with Gasteiger partial charge in [0, 0.05) is 9.72 Å². The Labute approximate surface area is 91.5 Å². The number of nitriles is 1. The van der Waals surface area contributed by atoms with Crippen LogP contribution in [-0.2, 0) is 6.42 Å². The van der Waals surface area contributed by atoms with Crippen molar-refractivity contribution in [1.82, 2.24) is 0 Å². The van der Waals surface area contributed by atoms with Crippen LogP contribution in [-0.4, -0.2) is 0 Å². The lowest BCUT2D eigenvalue weighted by Gasteiger charge is -1.98. The molecule has 0 atom stereocenters. The molecule has 0 amide bonds. The smallest absolute Gasteiger partial charge is 0.0670 e. The first-order valence-electron chi connectivity index (χ1n) is 4.25. The first kappa shape index (κ1) is 9.51. The van der Waals surface area contributed by atoms with Crippen molar-refractivity contribution >= 4 is 33.0 Å². The Morgan fingerprint density at radius 2 is 2.29 bits per heavy atom. The molecule has 0 radical (unpaired) electrons. The average molecular weight is 222 g/mol. The predicted molar refractivity (Wildman–Crippen MR) is 60.9 cm³/mol. The van der Waals surface area contributed by atoms with Gasteiger partial charge in [0.25, 0.3) is 0 Å². The number of hydrogen-bond donors (Lipinski definition) is 0. The number of hydrogen-bond acceptors (Lipinski definition) is 2. The molecule has 0 bridgehead atoms. The van der Waals surface area contributed by atoms with E-state index < -0.39 is 0 Å². The second kappa shape index (κ2) is 3.61. The molecule has 0 saturated heterocycles. The summed E-state index contributed by atoms with van der Waals surface area (Å²) in [5.74, 6) is 0. The Balaban J connectivity index is 2.69. The summed E-state index contributed by atoms with van der Waals surface area (Å²) in [5.41, 5.74) is 2.17. The van der Waals surface area contributed by atoms with Crippen molar-refractivity contribution in [2.75, 3.05) is 0 Å². The summed E-state index contributed by atoms with van der Waals surface area (Å²) >= 11 is 7.71. The van der Waals surface area contributed by atoms with Gasteiger partial charge in [-0.1, -0.05) is 11.6 Å². The van der Waals surface area contributed by atoms with E-state index in [9.17, 15) is 0 Å². The Bertz CT molecular complexity index is 522. The molecule has 0 fully saturated rings. The van der Waals surface area contributed by atoms with E-state index in [0.29, 0.717) is 6.42 Å². The van der Waals surface area contributed by atoms with Crippen molar-refractivity contribution in [1.29, 1.82) is 5.26 Å². The quantitative estimate of drug-likeness (QED) is 0.716. The number of benzene rings is 1. The SMILES string of the molecule is Cc1cc2scc(CC#N)c2cc1Cl. The molecule has 0 saturated carbocycles. The van der Waals surface area contributed by atoms with Crippen LogP contribution >= 0.6 is 22.9 Å². The van der Waals surface area contributed by atoms with E-state index in [4.69, 9.17) is 16.9 Å². The standard InChI is InChI=1S/C11H8ClNS/c1-7-4-11-9(5-10(7)12)8(2-3-13)6-14-11/h4-6H,2H2,1H3. The molecule has 1 aromatic carbocycles. The van der Waals surface area contributed by atoms with Crippen LogP contribution < -0.4 is 0 Å². The van der Waals surface area contributed by atoms with E-state index in [1.807, 2.05) is 18.4 Å². The minimum absolute atomic E-state index is 0.458. The highest BCUT2D eigenvalue weighted by atomic mass is 35.5. The minimum atomic E-state index is 0.458. The maximum absolute atomic E-state index is 8.64. The molecule has 3 heteroatoms. The second-order valence-electron chi connectivity index (χ2n) is 3.19. The first-order valence-corrected chi connectivity index (χ1v) is 5.51. The van der Waals surface area contributed by atoms with Gasteiger partial charge < -0.3 is 0 Å². The third-order valence-electron chi connectivity index (χ3n) is 2.20. The topological polar surface area (TPSA) is 23.8 Å². The van der Waals surface area contributed by atoms with Crippen molar-refractivity contribution in [2.45, 2.75) is 13.3 Å². The van der Waals surface area contributed by atoms with Crippen molar-refractivity contribution in [3.63, 3.8) is 0 Å². The Morgan fingerprint density at radius 1 is 1.50 bits per heavy atom. The maximum atomic E-state index is 8.64. The van der Waals surface area contributed by atoms with Crippen molar-refractivity contribution in [2.24, 2.45) is 0 Å². The Hall–Kier alpha value is -1.04. The maximum Gasteiger partial charge on any atom is 0.0670 e. The number of nitrogens with zero attached hydrogens (tertiary/aromatic N) is 1. The minimum Gasteiger partial charge on any atom is -0.198 e. The Kier molecular flexibility index (Phi) is 2.45. The van der Waals surface area contributed by atoms with Crippen molar-refractivity contribution in [3.05, 3.63) is 33.7 Å². The van der Waals surface area contributed by atoms with Crippen molar-refractivity contribution < 1.29 is 0 Å². The highest BCUT2D eigenvalue weighted by Crippen LogP contribution is 2.31. The fourth-order valence-corrected chi connectivity index (χ4v) is 2.63. The monoisotopic (exact) mass is 221 g/mol. The van der Waals surface area contributed by atoms with Crippen LogP contribution in [0.15, 0.2) is 17.5 Å². The predicted octanol–water partition coefficient (Wildman–Crippen LogP) is 3.93. The zero-order valence-electron chi connectivity index (χ0n) is 7.67. The van der Waals surface area contributed by atoms with Gasteiger partial charge >= 0.3 is 0 Å². The van der Waals surface area contributed by atoms with Crippen LogP contribution in [0.5, 0.6) is 0 Å². The van der Waals surface area contributed by atoms with E-state index in [2.05, 4.69) is 12.1 Å². The van der Waals surface area contributed by atoms with Gasteiger partial charge in [-0.2, -0.15) is 5.26 Å². The number of halogens is 1. The summed E-state index contributed by atoms with van der Waals surface area (Å²) in [7, 11) is 0. The zero-order valence-corrected chi connectivity index (χ0v) is 9.25. The van der Waals surface area contributed by atoms with E-state index in [1.165, 1.54) is 4.70 Å². The summed E-state index contributed by atoms with van der Waals surface area (Å²) in [4.78, 5) is 0. The number of rotatable bonds is 1. The Morgan fingerprint density at radius 3 is 3.00 bits per heavy atom. The van der Waals surface area contributed by atoms with Crippen LogP contribution in [0.2, 0.25) is 5.02 Å². The van der Waals surface area contributed by atoms with E-state index >= 15 is 0 Å². The zero-order chi connectivity index (χ0) is 10.1. The molecule has 0 spiro atoms. The molecule has 70 valence electrons. The van der Waals surface area contributed by atoms with Gasteiger partial charge in [-0.15, -0.1) is 11.3 Å². The molecule has 0 aliphatic heterocycles. The summed E-state index contributed by atoms with van der Waals surface area (Å²) in [6, 6.07) is 6.19. The summed E-state index contributed by atoms with van der Waals surface area (Å²) in [6.45, 7) is 1.99. The van der Waals surface area contributed by atoms with E-state index in [1.54, 1.807) is 11.3 Å². The molecule has 2 rings (SSSR count). The molecule has 2 aromatic rings. The largest absolute Gasteiger partial charge is 0.198 e. The van der Waals surface area contributed by atoms with Crippen LogP contribution in [0.1, 0.15) is 11.1 Å². The van der Waals surface area contributed by atoms with Crippen molar-refractivity contribution in [3.8, 4) is 6.07 Å². The summed E-state index contributed by atoms with van der Waals surface area (Å²) in [5, 5.41) is 12.6. The molecule has 14 heavy (non-hydrogen) atoms. The number of thiophene rings is 1. The molecule has 0 unspecified atom stereocenters. The van der Waals surface area contributed by atoms with Gasteiger partial charge in [-0.3, -0.25) is 0 Å². The van der Waals surface area contributed by atoms with Crippen LogP contribution in [0.3, 0.4) is 0 Å². The fraction of sp³-hybridized carbons (Fsp3) is 0.182. The van der Waals surface area contributed by atoms with Gasteiger partial charge in [0.1, 0.15) is 0 Å². The highest BCUT2D eigenvalue weighted by Gasteiger charge is 2.06. The number of aryl methyl sites for hydroxylation is 1. The second-order valence-corrected chi connectivity index (χ2v) is 4.51. The van der Waals surface area contributed by atoms with E-state index in [-0.39, 0.29) is 0 Å². The molecule has 1 heterocycles. The van der Waals surface area contributed by atoms with E-state index in [0.717, 1.165) is 21.5 Å². The summed E-state index contributed by atoms with van der Waals surface area (Å²) in [6.07, 6.45) is 0.458. The van der Waals surface area contributed by atoms with Gasteiger partial charge in [0.05, 0.1) is 12.5 Å².